The molecule has 0 aliphatic heterocycles. The van der Waals surface area contributed by atoms with E-state index in [4.69, 9.17) is 0 Å². The van der Waals surface area contributed by atoms with E-state index in [-0.39, 0.29) is 5.13 Å². The molecule has 2 aromatic rings. The number of carbonyl (C=O) groups is 1. The maximum absolute atomic E-state index is 13.5. The Balaban J connectivity index is 2.29. The smallest absolute Gasteiger partial charge is 0.298 e. The first-order valence-corrected chi connectivity index (χ1v) is 6.68. The van der Waals surface area contributed by atoms with Crippen molar-refractivity contribution in [2.24, 2.45) is 0 Å². The first-order chi connectivity index (χ1) is 9.27. The standard InChI is InChI=1S/C11H5BrF4N2OS/c12-8-4-17-10(20-8)18-9(19)6-3-5(11(14,15)16)1-2-7(6)13/h1-4H,(H,17,18,19). The summed E-state index contributed by atoms with van der Waals surface area (Å²) >= 11 is 4.17. The molecule has 0 bridgehead atoms. The number of nitrogens with zero attached hydrogens (tertiary/aromatic N) is 1. The summed E-state index contributed by atoms with van der Waals surface area (Å²) in [6.07, 6.45) is -3.24. The number of amides is 1. The molecule has 20 heavy (non-hydrogen) atoms. The maximum atomic E-state index is 13.5. The van der Waals surface area contributed by atoms with Gasteiger partial charge in [0.1, 0.15) is 5.82 Å². The third-order valence-corrected chi connectivity index (χ3v) is 3.63. The van der Waals surface area contributed by atoms with Crippen molar-refractivity contribution in [2.75, 3.05) is 5.32 Å². The average molecular weight is 369 g/mol. The molecule has 1 heterocycles. The van der Waals surface area contributed by atoms with E-state index in [0.29, 0.717) is 22.0 Å². The summed E-state index contributed by atoms with van der Waals surface area (Å²) in [6, 6.07) is 1.65. The highest BCUT2D eigenvalue weighted by atomic mass is 79.9. The molecule has 0 saturated heterocycles. The lowest BCUT2D eigenvalue weighted by Gasteiger charge is -2.09. The van der Waals surface area contributed by atoms with Crippen molar-refractivity contribution in [1.82, 2.24) is 4.98 Å². The summed E-state index contributed by atoms with van der Waals surface area (Å²) in [7, 11) is 0. The Kier molecular flexibility index (Phi) is 4.09. The van der Waals surface area contributed by atoms with E-state index in [1.54, 1.807) is 0 Å². The summed E-state index contributed by atoms with van der Waals surface area (Å²) in [4.78, 5) is 15.5. The first-order valence-electron chi connectivity index (χ1n) is 5.07. The molecule has 9 heteroatoms. The highest BCUT2D eigenvalue weighted by Crippen LogP contribution is 2.31. The molecular formula is C11H5BrF4N2OS. The molecule has 1 aromatic carbocycles. The van der Waals surface area contributed by atoms with E-state index >= 15 is 0 Å². The topological polar surface area (TPSA) is 42.0 Å². The normalized spacial score (nSPS) is 11.4. The van der Waals surface area contributed by atoms with Crippen LogP contribution in [-0.2, 0) is 6.18 Å². The number of nitrogens with one attached hydrogen (secondary N) is 1. The number of halogens is 5. The third kappa shape index (κ3) is 3.34. The summed E-state index contributed by atoms with van der Waals surface area (Å²) in [6.45, 7) is 0. The number of anilines is 1. The Hall–Kier alpha value is -1.48. The number of thiazole rings is 1. The lowest BCUT2D eigenvalue weighted by Crippen LogP contribution is -2.15. The molecule has 0 aliphatic carbocycles. The van der Waals surface area contributed by atoms with Crippen LogP contribution in [0.5, 0.6) is 0 Å². The fraction of sp³-hybridized carbons (Fsp3) is 0.0909. The van der Waals surface area contributed by atoms with Crippen LogP contribution < -0.4 is 5.32 Å². The molecule has 0 saturated carbocycles. The fourth-order valence-corrected chi connectivity index (χ4v) is 2.45. The van der Waals surface area contributed by atoms with Gasteiger partial charge in [-0.2, -0.15) is 13.2 Å². The minimum absolute atomic E-state index is 0.152. The van der Waals surface area contributed by atoms with Gasteiger partial charge in [0.2, 0.25) is 0 Å². The fourth-order valence-electron chi connectivity index (χ4n) is 1.35. The Morgan fingerprint density at radius 2 is 2.05 bits per heavy atom. The Morgan fingerprint density at radius 3 is 2.60 bits per heavy atom. The van der Waals surface area contributed by atoms with Gasteiger partial charge in [-0.3, -0.25) is 10.1 Å². The number of hydrogen-bond acceptors (Lipinski definition) is 3. The molecule has 0 aliphatic rings. The molecule has 0 atom stereocenters. The molecular weight excluding hydrogens is 364 g/mol. The van der Waals surface area contributed by atoms with Gasteiger partial charge < -0.3 is 0 Å². The maximum Gasteiger partial charge on any atom is 0.416 e. The second-order valence-electron chi connectivity index (χ2n) is 3.62. The molecule has 1 amide bonds. The number of aromatic nitrogens is 1. The van der Waals surface area contributed by atoms with E-state index in [1.807, 2.05) is 0 Å². The monoisotopic (exact) mass is 368 g/mol. The zero-order valence-corrected chi connectivity index (χ0v) is 11.9. The zero-order valence-electron chi connectivity index (χ0n) is 9.46. The lowest BCUT2D eigenvalue weighted by molar-refractivity contribution is -0.137. The second-order valence-corrected chi connectivity index (χ2v) is 6.03. The number of hydrogen-bond donors (Lipinski definition) is 1. The van der Waals surface area contributed by atoms with Crippen molar-refractivity contribution in [3.8, 4) is 0 Å². The molecule has 1 N–H and O–H groups in total. The predicted octanol–water partition coefficient (Wildman–Crippen LogP) is 4.32. The highest BCUT2D eigenvalue weighted by molar-refractivity contribution is 9.11. The van der Waals surface area contributed by atoms with Gasteiger partial charge in [-0.25, -0.2) is 9.37 Å². The van der Waals surface area contributed by atoms with Gasteiger partial charge in [0.25, 0.3) is 5.91 Å². The SMILES string of the molecule is O=C(Nc1ncc(Br)s1)c1cc(C(F)(F)F)ccc1F. The molecule has 0 unspecified atom stereocenters. The minimum Gasteiger partial charge on any atom is -0.298 e. The molecule has 0 fully saturated rings. The lowest BCUT2D eigenvalue weighted by atomic mass is 10.1. The molecule has 0 spiro atoms. The minimum atomic E-state index is -4.65. The Morgan fingerprint density at radius 1 is 1.35 bits per heavy atom. The van der Waals surface area contributed by atoms with Crippen LogP contribution in [0.4, 0.5) is 22.7 Å². The van der Waals surface area contributed by atoms with Crippen LogP contribution in [-0.4, -0.2) is 10.9 Å². The van der Waals surface area contributed by atoms with Crippen molar-refractivity contribution in [2.45, 2.75) is 6.18 Å². The van der Waals surface area contributed by atoms with Gasteiger partial charge in [-0.05, 0) is 34.1 Å². The van der Waals surface area contributed by atoms with E-state index in [2.05, 4.69) is 26.2 Å². The van der Waals surface area contributed by atoms with E-state index < -0.39 is 29.0 Å². The molecule has 3 nitrogen and oxygen atoms in total. The van der Waals surface area contributed by atoms with Gasteiger partial charge in [-0.1, -0.05) is 11.3 Å². The van der Waals surface area contributed by atoms with Crippen LogP contribution in [0.2, 0.25) is 0 Å². The van der Waals surface area contributed by atoms with Crippen molar-refractivity contribution in [3.63, 3.8) is 0 Å². The van der Waals surface area contributed by atoms with Crippen LogP contribution in [0.15, 0.2) is 28.2 Å². The third-order valence-electron chi connectivity index (χ3n) is 2.24. The quantitative estimate of drug-likeness (QED) is 0.802. The Bertz CT molecular complexity index is 656. The van der Waals surface area contributed by atoms with E-state index in [9.17, 15) is 22.4 Å². The number of benzene rings is 1. The van der Waals surface area contributed by atoms with Gasteiger partial charge in [0.05, 0.1) is 21.1 Å². The van der Waals surface area contributed by atoms with Crippen molar-refractivity contribution >= 4 is 38.3 Å². The van der Waals surface area contributed by atoms with Crippen LogP contribution in [0, 0.1) is 5.82 Å². The highest BCUT2D eigenvalue weighted by Gasteiger charge is 2.32. The summed E-state index contributed by atoms with van der Waals surface area (Å²) in [5.41, 5.74) is -1.78. The van der Waals surface area contributed by atoms with Crippen molar-refractivity contribution in [3.05, 3.63) is 45.1 Å². The molecule has 106 valence electrons. The summed E-state index contributed by atoms with van der Waals surface area (Å²) < 4.78 is 51.7. The number of alkyl halides is 3. The number of carbonyl (C=O) groups excluding carboxylic acids is 1. The van der Waals surface area contributed by atoms with Gasteiger partial charge in [0, 0.05) is 0 Å². The zero-order chi connectivity index (χ0) is 14.9. The van der Waals surface area contributed by atoms with E-state index in [1.165, 1.54) is 6.20 Å². The first kappa shape index (κ1) is 14.9. The number of rotatable bonds is 2. The average Bonchev–Trinajstić information content (AvgIpc) is 2.73. The molecule has 2 rings (SSSR count). The van der Waals surface area contributed by atoms with Crippen LogP contribution >= 0.6 is 27.3 Å². The summed E-state index contributed by atoms with van der Waals surface area (Å²) in [5.74, 6) is -2.03. The molecule has 1 aromatic heterocycles. The molecule has 0 radical (unpaired) electrons. The Labute approximate surface area is 122 Å². The van der Waals surface area contributed by atoms with Crippen molar-refractivity contribution in [1.29, 1.82) is 0 Å². The van der Waals surface area contributed by atoms with Gasteiger partial charge in [0.15, 0.2) is 5.13 Å². The van der Waals surface area contributed by atoms with Crippen LogP contribution in [0.25, 0.3) is 0 Å². The van der Waals surface area contributed by atoms with Crippen molar-refractivity contribution < 1.29 is 22.4 Å². The van der Waals surface area contributed by atoms with Gasteiger partial charge in [-0.15, -0.1) is 0 Å². The van der Waals surface area contributed by atoms with Crippen LogP contribution in [0.3, 0.4) is 0 Å². The van der Waals surface area contributed by atoms with Crippen LogP contribution in [0.1, 0.15) is 15.9 Å². The second kappa shape index (κ2) is 5.49. The van der Waals surface area contributed by atoms with Gasteiger partial charge >= 0.3 is 6.18 Å². The van der Waals surface area contributed by atoms with E-state index in [0.717, 1.165) is 11.3 Å². The largest absolute Gasteiger partial charge is 0.416 e. The predicted molar refractivity (Wildman–Crippen MR) is 69.2 cm³/mol. The summed E-state index contributed by atoms with van der Waals surface area (Å²) in [5, 5.41) is 2.38.